The minimum atomic E-state index is -0.335. The molecule has 5 heteroatoms. The first-order chi connectivity index (χ1) is 7.36. The minimum absolute atomic E-state index is 0.335. The van der Waals surface area contributed by atoms with Crippen molar-refractivity contribution in [3.05, 3.63) is 47.3 Å². The highest BCUT2D eigenvalue weighted by Crippen LogP contribution is 2.09. The van der Waals surface area contributed by atoms with Crippen molar-refractivity contribution in [3.63, 3.8) is 0 Å². The van der Waals surface area contributed by atoms with Gasteiger partial charge in [0.2, 0.25) is 0 Å². The fraction of sp³-hybridized carbons (Fsp3) is 0. The van der Waals surface area contributed by atoms with E-state index in [0.717, 1.165) is 0 Å². The van der Waals surface area contributed by atoms with Crippen molar-refractivity contribution in [2.45, 2.75) is 0 Å². The van der Waals surface area contributed by atoms with Crippen LogP contribution in [-0.4, -0.2) is 19.4 Å². The molecule has 0 aliphatic carbocycles. The first-order valence-corrected chi connectivity index (χ1v) is 4.44. The second-order valence-corrected chi connectivity index (χ2v) is 3.08. The maximum atomic E-state index is 11.6. The highest BCUT2D eigenvalue weighted by molar-refractivity contribution is 5.86. The maximum Gasteiger partial charge on any atom is 0.354 e. The molecular weight excluding hydrogens is 192 g/mol. The van der Waals surface area contributed by atoms with Crippen LogP contribution in [-0.2, 0) is 0 Å². The summed E-state index contributed by atoms with van der Waals surface area (Å²) in [7, 11) is 0. The van der Waals surface area contributed by atoms with Gasteiger partial charge in [0.25, 0.3) is 0 Å². The molecule has 72 valence electrons. The average molecular weight is 198 g/mol. The number of hydrogen-bond acceptors (Lipinski definition) is 4. The molecule has 5 nitrogen and oxygen atoms in total. The molecule has 0 aliphatic heterocycles. The molecular formula is C10H6N4O. The van der Waals surface area contributed by atoms with Gasteiger partial charge in [0.1, 0.15) is 5.52 Å². The molecule has 0 amide bonds. The Morgan fingerprint density at radius 1 is 1.13 bits per heavy atom. The van der Waals surface area contributed by atoms with Crippen LogP contribution in [0.2, 0.25) is 0 Å². The van der Waals surface area contributed by atoms with Gasteiger partial charge in [0, 0.05) is 18.6 Å². The lowest BCUT2D eigenvalue weighted by molar-refractivity contribution is 0.986. The Hall–Kier alpha value is -2.30. The van der Waals surface area contributed by atoms with E-state index in [2.05, 4.69) is 15.0 Å². The topological polar surface area (TPSA) is 60.2 Å². The normalized spacial score (nSPS) is 10.9. The van der Waals surface area contributed by atoms with E-state index in [1.165, 1.54) is 4.40 Å². The molecule has 0 saturated heterocycles. The van der Waals surface area contributed by atoms with E-state index in [9.17, 15) is 4.79 Å². The van der Waals surface area contributed by atoms with Crippen molar-refractivity contribution >= 4 is 16.7 Å². The number of fused-ring (bicyclic) bond motifs is 3. The smallest absolute Gasteiger partial charge is 0.251 e. The standard InChI is InChI=1S/C10H6N4O/c15-10-13-7-3-1-4-11-8(7)9-12-5-2-6-14(9)10/h1-6H. The van der Waals surface area contributed by atoms with E-state index in [1.807, 2.05) is 0 Å². The summed E-state index contributed by atoms with van der Waals surface area (Å²) in [5.74, 6) is 0. The fourth-order valence-corrected chi connectivity index (χ4v) is 1.52. The van der Waals surface area contributed by atoms with Crippen LogP contribution in [0.25, 0.3) is 16.7 Å². The largest absolute Gasteiger partial charge is 0.354 e. The number of aromatic nitrogens is 4. The Bertz CT molecular complexity index is 704. The average Bonchev–Trinajstić information content (AvgIpc) is 2.30. The fourth-order valence-electron chi connectivity index (χ4n) is 1.52. The molecule has 0 N–H and O–H groups in total. The Morgan fingerprint density at radius 2 is 2.00 bits per heavy atom. The Labute approximate surface area is 84.1 Å². The van der Waals surface area contributed by atoms with E-state index in [-0.39, 0.29) is 5.69 Å². The summed E-state index contributed by atoms with van der Waals surface area (Å²) in [4.78, 5) is 23.8. The van der Waals surface area contributed by atoms with Gasteiger partial charge in [0.15, 0.2) is 5.65 Å². The van der Waals surface area contributed by atoms with Gasteiger partial charge in [-0.3, -0.25) is 4.98 Å². The summed E-state index contributed by atoms with van der Waals surface area (Å²) in [5, 5.41) is 0. The van der Waals surface area contributed by atoms with Crippen LogP contribution >= 0.6 is 0 Å². The quantitative estimate of drug-likeness (QED) is 0.497. The highest BCUT2D eigenvalue weighted by atomic mass is 16.1. The Morgan fingerprint density at radius 3 is 2.93 bits per heavy atom. The molecule has 0 radical (unpaired) electrons. The van der Waals surface area contributed by atoms with Crippen LogP contribution in [0.5, 0.6) is 0 Å². The van der Waals surface area contributed by atoms with Crippen LogP contribution in [0, 0.1) is 0 Å². The Balaban J connectivity index is 2.70. The van der Waals surface area contributed by atoms with Crippen molar-refractivity contribution in [1.29, 1.82) is 0 Å². The second-order valence-electron chi connectivity index (χ2n) is 3.08. The number of rotatable bonds is 0. The molecule has 0 spiro atoms. The van der Waals surface area contributed by atoms with Gasteiger partial charge in [-0.05, 0) is 18.2 Å². The number of nitrogens with zero attached hydrogens (tertiary/aromatic N) is 4. The summed E-state index contributed by atoms with van der Waals surface area (Å²) in [6, 6.07) is 5.18. The van der Waals surface area contributed by atoms with Crippen molar-refractivity contribution in [1.82, 2.24) is 19.4 Å². The molecule has 3 heterocycles. The zero-order valence-electron chi connectivity index (χ0n) is 7.66. The van der Waals surface area contributed by atoms with Gasteiger partial charge in [-0.1, -0.05) is 0 Å². The monoisotopic (exact) mass is 198 g/mol. The van der Waals surface area contributed by atoms with E-state index in [0.29, 0.717) is 16.7 Å². The molecule has 0 aromatic carbocycles. The first kappa shape index (κ1) is 8.05. The summed E-state index contributed by atoms with van der Waals surface area (Å²) in [5.41, 5.74) is 1.41. The van der Waals surface area contributed by atoms with Crippen LogP contribution in [0.15, 0.2) is 41.6 Å². The molecule has 3 rings (SSSR count). The summed E-state index contributed by atoms with van der Waals surface area (Å²) >= 11 is 0. The summed E-state index contributed by atoms with van der Waals surface area (Å²) in [6.07, 6.45) is 4.91. The SMILES string of the molecule is O=c1nc2cccnc2c2ncccn12. The second kappa shape index (κ2) is 2.84. The van der Waals surface area contributed by atoms with Gasteiger partial charge in [-0.2, -0.15) is 4.98 Å². The third-order valence-corrected chi connectivity index (χ3v) is 2.17. The number of hydrogen-bond donors (Lipinski definition) is 0. The minimum Gasteiger partial charge on any atom is -0.251 e. The van der Waals surface area contributed by atoms with Gasteiger partial charge >= 0.3 is 5.69 Å². The van der Waals surface area contributed by atoms with Crippen LogP contribution in [0.4, 0.5) is 0 Å². The molecule has 0 unspecified atom stereocenters. The van der Waals surface area contributed by atoms with Crippen LogP contribution < -0.4 is 5.69 Å². The molecule has 0 atom stereocenters. The summed E-state index contributed by atoms with van der Waals surface area (Å²) in [6.45, 7) is 0. The molecule has 3 aromatic rings. The zero-order chi connectivity index (χ0) is 10.3. The lowest BCUT2D eigenvalue weighted by atomic mass is 10.3. The zero-order valence-corrected chi connectivity index (χ0v) is 7.66. The van der Waals surface area contributed by atoms with E-state index >= 15 is 0 Å². The van der Waals surface area contributed by atoms with Crippen LogP contribution in [0.3, 0.4) is 0 Å². The van der Waals surface area contributed by atoms with E-state index in [4.69, 9.17) is 0 Å². The lowest BCUT2D eigenvalue weighted by Crippen LogP contribution is -2.17. The van der Waals surface area contributed by atoms with Crippen molar-refractivity contribution < 1.29 is 0 Å². The number of pyridine rings is 1. The Kier molecular flexibility index (Phi) is 1.53. The molecule has 0 fully saturated rings. The van der Waals surface area contributed by atoms with E-state index < -0.39 is 0 Å². The highest BCUT2D eigenvalue weighted by Gasteiger charge is 2.04. The predicted octanol–water partition coefficient (Wildman–Crippen LogP) is 0.638. The van der Waals surface area contributed by atoms with Gasteiger partial charge < -0.3 is 0 Å². The van der Waals surface area contributed by atoms with Gasteiger partial charge in [-0.25, -0.2) is 14.2 Å². The predicted molar refractivity (Wildman–Crippen MR) is 54.6 cm³/mol. The lowest BCUT2D eigenvalue weighted by Gasteiger charge is -2.00. The van der Waals surface area contributed by atoms with Crippen molar-refractivity contribution in [3.8, 4) is 0 Å². The molecule has 0 saturated carbocycles. The van der Waals surface area contributed by atoms with Gasteiger partial charge in [-0.15, -0.1) is 0 Å². The molecule has 3 aromatic heterocycles. The van der Waals surface area contributed by atoms with Crippen molar-refractivity contribution in [2.75, 3.05) is 0 Å². The van der Waals surface area contributed by atoms with Gasteiger partial charge in [0.05, 0.1) is 5.52 Å². The third kappa shape index (κ3) is 1.10. The van der Waals surface area contributed by atoms with E-state index in [1.54, 1.807) is 36.8 Å². The summed E-state index contributed by atoms with van der Waals surface area (Å²) < 4.78 is 1.38. The molecule has 0 bridgehead atoms. The molecule has 0 aliphatic rings. The third-order valence-electron chi connectivity index (χ3n) is 2.17. The van der Waals surface area contributed by atoms with Crippen LogP contribution in [0.1, 0.15) is 0 Å². The maximum absolute atomic E-state index is 11.6. The first-order valence-electron chi connectivity index (χ1n) is 4.44. The molecule has 15 heavy (non-hydrogen) atoms. The van der Waals surface area contributed by atoms with Crippen molar-refractivity contribution in [2.24, 2.45) is 0 Å².